The van der Waals surface area contributed by atoms with Crippen LogP contribution in [0.1, 0.15) is 79.4 Å². The van der Waals surface area contributed by atoms with Crippen molar-refractivity contribution in [3.05, 3.63) is 99.7 Å². The van der Waals surface area contributed by atoms with E-state index in [9.17, 15) is 23.3 Å². The second-order valence-corrected chi connectivity index (χ2v) is 22.8. The minimum atomic E-state index is -4.69. The molecule has 9 heterocycles. The molecule has 19 heteroatoms. The summed E-state index contributed by atoms with van der Waals surface area (Å²) in [5.41, 5.74) is 5.48. The molecule has 3 aromatic carbocycles. The molecule has 1 amide bonds. The van der Waals surface area contributed by atoms with E-state index in [4.69, 9.17) is 23.9 Å². The van der Waals surface area contributed by atoms with Gasteiger partial charge in [-0.1, -0.05) is 38.1 Å². The van der Waals surface area contributed by atoms with Gasteiger partial charge in [-0.05, 0) is 86.0 Å². The lowest BCUT2D eigenvalue weighted by atomic mass is 9.60. The Balaban J connectivity index is 0.787. The average Bonchev–Trinajstić information content (AvgIpc) is 4.19. The Hall–Kier alpha value is -5.99. The molecular formula is C51H57N9O9S. The summed E-state index contributed by atoms with van der Waals surface area (Å²) in [4.78, 5) is 43.5. The maximum atomic E-state index is 14.7. The highest BCUT2D eigenvalue weighted by Crippen LogP contribution is 2.55. The van der Waals surface area contributed by atoms with Gasteiger partial charge in [-0.15, -0.1) is 0 Å². The Bertz CT molecular complexity index is 3040. The number of nitrogens with one attached hydrogen (secondary N) is 3. The van der Waals surface area contributed by atoms with E-state index in [2.05, 4.69) is 67.8 Å². The van der Waals surface area contributed by atoms with Crippen LogP contribution >= 0.6 is 0 Å². The largest absolute Gasteiger partial charge is 0.489 e. The van der Waals surface area contributed by atoms with Crippen LogP contribution in [0.3, 0.4) is 0 Å². The van der Waals surface area contributed by atoms with Gasteiger partial charge < -0.3 is 39.0 Å². The smallest absolute Gasteiger partial charge is 0.297 e. The zero-order chi connectivity index (χ0) is 47.6. The summed E-state index contributed by atoms with van der Waals surface area (Å²) in [7, 11) is -4.69. The number of nitrogens with zero attached hydrogens (tertiary/aromatic N) is 6. The quantitative estimate of drug-likeness (QED) is 0.0963. The number of amides is 1. The number of pyridine rings is 1. The number of fused-ring (bicyclic) bond motifs is 6. The Labute approximate surface area is 405 Å². The summed E-state index contributed by atoms with van der Waals surface area (Å²) >= 11 is 0. The first-order valence-corrected chi connectivity index (χ1v) is 26.3. The number of nitro groups is 1. The predicted molar refractivity (Wildman–Crippen MR) is 261 cm³/mol. The number of rotatable bonds is 11. The number of carbonyl (C=O) groups is 1. The molecule has 5 aromatic rings. The van der Waals surface area contributed by atoms with Crippen LogP contribution in [0.5, 0.6) is 11.6 Å². The molecule has 3 N–H and O–H groups in total. The molecule has 1 saturated carbocycles. The van der Waals surface area contributed by atoms with Gasteiger partial charge in [-0.25, -0.2) is 13.1 Å². The van der Waals surface area contributed by atoms with Crippen molar-refractivity contribution in [2.24, 2.45) is 5.41 Å². The molecule has 7 aliphatic heterocycles. The van der Waals surface area contributed by atoms with Crippen molar-refractivity contribution in [3.63, 3.8) is 0 Å². The summed E-state index contributed by atoms with van der Waals surface area (Å²) in [5, 5.41) is 16.6. The molecular weight excluding hydrogens is 915 g/mol. The van der Waals surface area contributed by atoms with Gasteiger partial charge in [0.1, 0.15) is 24.0 Å². The Morgan fingerprint density at radius 1 is 1.01 bits per heavy atom. The highest BCUT2D eigenvalue weighted by molar-refractivity contribution is 7.90. The maximum Gasteiger partial charge on any atom is 0.297 e. The molecule has 366 valence electrons. The van der Waals surface area contributed by atoms with E-state index in [0.29, 0.717) is 73.3 Å². The first kappa shape index (κ1) is 44.0. The molecule has 0 radical (unpaired) electrons. The summed E-state index contributed by atoms with van der Waals surface area (Å²) in [6.07, 6.45) is 7.18. The van der Waals surface area contributed by atoms with Crippen LogP contribution in [-0.4, -0.2) is 135 Å². The SMILES string of the molecule is CC(C)c1ccccc1[C@@H]1CCCN1C1CC2(C1)CN(c1ccc(C(=O)NS(=O)(=O)c3cc4c(c([N+](=O)[O-])c3)N[C@@H](CN3C[C@@H]5C[C@H]3CO5)CO4)c(N3c4cc5cc[nH]c5nc4O[C@@H]4COC[C@H]43)c1)C2. The van der Waals surface area contributed by atoms with E-state index in [-0.39, 0.29) is 47.2 Å². The zero-order valence-corrected chi connectivity index (χ0v) is 40.0. The number of likely N-dealkylation sites (tertiary alicyclic amines) is 2. The van der Waals surface area contributed by atoms with Crippen molar-refractivity contribution < 1.29 is 37.1 Å². The van der Waals surface area contributed by atoms with E-state index in [1.807, 2.05) is 29.2 Å². The third-order valence-electron chi connectivity index (χ3n) is 16.4. The number of morpholine rings is 1. The van der Waals surface area contributed by atoms with Crippen molar-refractivity contribution in [3.8, 4) is 11.6 Å². The van der Waals surface area contributed by atoms with E-state index in [0.717, 1.165) is 62.6 Å². The van der Waals surface area contributed by atoms with Crippen LogP contribution in [0.4, 0.5) is 28.4 Å². The lowest BCUT2D eigenvalue weighted by Gasteiger charge is -2.62. The Morgan fingerprint density at radius 3 is 2.67 bits per heavy atom. The molecule has 1 spiro atoms. The van der Waals surface area contributed by atoms with Gasteiger partial charge in [0, 0.05) is 79.1 Å². The maximum absolute atomic E-state index is 14.7. The Kier molecular flexibility index (Phi) is 10.4. The number of carbonyl (C=O) groups excluding carboxylic acids is 1. The number of H-pyrrole nitrogens is 1. The second kappa shape index (κ2) is 16.5. The minimum Gasteiger partial charge on any atom is -0.489 e. The molecule has 8 aliphatic rings. The second-order valence-electron chi connectivity index (χ2n) is 21.1. The van der Waals surface area contributed by atoms with Crippen LogP contribution < -0.4 is 29.3 Å². The first-order chi connectivity index (χ1) is 33.9. The van der Waals surface area contributed by atoms with Crippen LogP contribution in [-0.2, 0) is 19.5 Å². The fourth-order valence-corrected chi connectivity index (χ4v) is 14.0. The van der Waals surface area contributed by atoms with Crippen molar-refractivity contribution in [1.82, 2.24) is 24.5 Å². The molecule has 0 unspecified atom stereocenters. The Morgan fingerprint density at radius 2 is 1.87 bits per heavy atom. The van der Waals surface area contributed by atoms with Crippen molar-refractivity contribution in [2.75, 3.05) is 74.3 Å². The standard InChI is InChI=1S/C51H57N9O9S/c1-29(2)37-6-3-4-7-38(37)40-8-5-13-58(40)34-19-51(20-34)27-57(28-51)32-9-10-39(41(16-32)59-43-14-30-11-12-52-48(30)54-50(43)69-46-26-66-25-44(46)59)49(61)55-70(64,65)36-17-42(60(62)63)47-45(18-36)68-23-31(53-47)21-56-22-35-15-33(56)24-67-35/h3-4,6-7,9-12,14,16-18,29,31,33-35,40,44,46,53H,5,8,13,15,19-28H2,1-2H3,(H,52,54)(H,55,61)/t31-,33-,35-,40-,44+,46+/m0/s1. The van der Waals surface area contributed by atoms with Gasteiger partial charge in [-0.2, -0.15) is 4.98 Å². The third-order valence-corrected chi connectivity index (χ3v) is 17.7. The normalized spacial score (nSPS) is 26.8. The van der Waals surface area contributed by atoms with Crippen molar-refractivity contribution in [1.29, 1.82) is 0 Å². The number of hydrogen-bond donors (Lipinski definition) is 3. The number of nitro benzene ring substituents is 1. The fraction of sp³-hybridized carbons (Fsp3) is 0.490. The van der Waals surface area contributed by atoms with Crippen molar-refractivity contribution in [2.45, 2.75) is 99.2 Å². The first-order valence-electron chi connectivity index (χ1n) is 24.8. The zero-order valence-electron chi connectivity index (χ0n) is 39.2. The summed E-state index contributed by atoms with van der Waals surface area (Å²) in [5.74, 6) is -0.0367. The van der Waals surface area contributed by atoms with Crippen LogP contribution in [0.25, 0.3) is 11.0 Å². The molecule has 70 heavy (non-hydrogen) atoms. The number of aromatic nitrogens is 2. The number of ether oxygens (including phenoxy) is 4. The number of benzene rings is 3. The topological polar surface area (TPSA) is 197 Å². The minimum absolute atomic E-state index is 0.0252. The molecule has 18 nitrogen and oxygen atoms in total. The fourth-order valence-electron chi connectivity index (χ4n) is 13.0. The number of anilines is 4. The van der Waals surface area contributed by atoms with E-state index in [1.54, 1.807) is 12.3 Å². The number of sulfonamides is 1. The summed E-state index contributed by atoms with van der Waals surface area (Å²) in [6.45, 7) is 10.2. The van der Waals surface area contributed by atoms with Crippen LogP contribution in [0.2, 0.25) is 0 Å². The molecule has 5 saturated heterocycles. The van der Waals surface area contributed by atoms with Crippen LogP contribution in [0, 0.1) is 15.5 Å². The van der Waals surface area contributed by atoms with Crippen LogP contribution in [0.15, 0.2) is 77.8 Å². The highest BCUT2D eigenvalue weighted by Gasteiger charge is 2.55. The van der Waals surface area contributed by atoms with Gasteiger partial charge >= 0.3 is 0 Å². The van der Waals surface area contributed by atoms with Gasteiger partial charge in [-0.3, -0.25) is 24.7 Å². The van der Waals surface area contributed by atoms with E-state index < -0.39 is 37.5 Å². The molecule has 6 fully saturated rings. The molecule has 2 bridgehead atoms. The molecule has 1 aliphatic carbocycles. The molecule has 2 aromatic heterocycles. The van der Waals surface area contributed by atoms with E-state index in [1.165, 1.54) is 30.0 Å². The highest BCUT2D eigenvalue weighted by atomic mass is 32.2. The van der Waals surface area contributed by atoms with Gasteiger partial charge in [0.05, 0.1) is 59.1 Å². The van der Waals surface area contributed by atoms with Crippen molar-refractivity contribution >= 4 is 55.4 Å². The van der Waals surface area contributed by atoms with Gasteiger partial charge in [0.15, 0.2) is 11.4 Å². The lowest BCUT2D eigenvalue weighted by Crippen LogP contribution is -2.66. The summed E-state index contributed by atoms with van der Waals surface area (Å²) in [6, 6.07) is 21.2. The van der Waals surface area contributed by atoms with Gasteiger partial charge in [0.2, 0.25) is 5.88 Å². The third kappa shape index (κ3) is 7.37. The average molecular weight is 972 g/mol. The lowest BCUT2D eigenvalue weighted by molar-refractivity contribution is -0.384. The number of hydrogen-bond acceptors (Lipinski definition) is 15. The van der Waals surface area contributed by atoms with E-state index >= 15 is 0 Å². The molecule has 13 rings (SSSR count). The monoisotopic (exact) mass is 971 g/mol. The summed E-state index contributed by atoms with van der Waals surface area (Å²) < 4.78 is 55.1. The predicted octanol–water partition coefficient (Wildman–Crippen LogP) is 6.46. The van der Waals surface area contributed by atoms with Gasteiger partial charge in [0.25, 0.3) is 21.6 Å². The number of aromatic amines is 1. The molecule has 6 atom stereocenters.